The summed E-state index contributed by atoms with van der Waals surface area (Å²) in [5, 5.41) is 9.17. The molecular weight excluding hydrogens is 313 g/mol. The largest absolute Gasteiger partial charge is 0.349 e. The van der Waals surface area contributed by atoms with Crippen LogP contribution in [0.25, 0.3) is 0 Å². The van der Waals surface area contributed by atoms with Gasteiger partial charge in [0.2, 0.25) is 0 Å². The fraction of sp³-hybridized carbons (Fsp3) is 0.238. The second-order valence-electron chi connectivity index (χ2n) is 6.57. The Balaban J connectivity index is 1.75. The summed E-state index contributed by atoms with van der Waals surface area (Å²) in [7, 11) is 0. The van der Waals surface area contributed by atoms with Gasteiger partial charge in [-0.2, -0.15) is 5.26 Å². The fourth-order valence-electron chi connectivity index (χ4n) is 3.96. The van der Waals surface area contributed by atoms with Crippen LogP contribution in [0.2, 0.25) is 0 Å². The molecule has 1 aromatic heterocycles. The molecule has 2 unspecified atom stereocenters. The molecule has 0 saturated heterocycles. The Morgan fingerprint density at radius 1 is 1.20 bits per heavy atom. The van der Waals surface area contributed by atoms with E-state index in [1.165, 1.54) is 23.3 Å². The smallest absolute Gasteiger partial charge is 0.123 e. The molecule has 0 radical (unpaired) electrons. The van der Waals surface area contributed by atoms with Crippen molar-refractivity contribution in [1.29, 1.82) is 5.26 Å². The van der Waals surface area contributed by atoms with Crippen molar-refractivity contribution in [3.8, 4) is 6.07 Å². The number of nitrogens with zero attached hydrogens (tertiary/aromatic N) is 2. The topological polar surface area (TPSA) is 52.5 Å². The van der Waals surface area contributed by atoms with Gasteiger partial charge in [0, 0.05) is 18.8 Å². The van der Waals surface area contributed by atoms with E-state index in [-0.39, 0.29) is 11.7 Å². The first-order valence-corrected chi connectivity index (χ1v) is 8.51. The Morgan fingerprint density at radius 3 is 2.76 bits per heavy atom. The third-order valence-electron chi connectivity index (χ3n) is 5.15. The third-order valence-corrected chi connectivity index (χ3v) is 5.15. The highest BCUT2D eigenvalue weighted by atomic mass is 19.1. The normalized spacial score (nSPS) is 19.2. The van der Waals surface area contributed by atoms with Gasteiger partial charge in [-0.05, 0) is 65.6 Å². The fourth-order valence-corrected chi connectivity index (χ4v) is 3.96. The van der Waals surface area contributed by atoms with E-state index in [1.54, 1.807) is 6.20 Å². The van der Waals surface area contributed by atoms with Crippen LogP contribution in [-0.4, -0.2) is 9.97 Å². The molecular formula is C21H18FN3. The average Bonchev–Trinajstić information content (AvgIpc) is 3.15. The highest BCUT2D eigenvalue weighted by Crippen LogP contribution is 2.44. The summed E-state index contributed by atoms with van der Waals surface area (Å²) in [5.74, 6) is 1.31. The molecule has 1 aliphatic rings. The van der Waals surface area contributed by atoms with Crippen molar-refractivity contribution in [3.05, 3.63) is 88.8 Å². The lowest BCUT2D eigenvalue weighted by Crippen LogP contribution is -2.22. The number of nitrogens with one attached hydrogen (secondary N) is 1. The molecule has 0 saturated carbocycles. The Bertz CT molecular complexity index is 907. The van der Waals surface area contributed by atoms with Crippen molar-refractivity contribution in [2.75, 3.05) is 0 Å². The molecule has 4 rings (SSSR count). The molecule has 124 valence electrons. The minimum Gasteiger partial charge on any atom is -0.349 e. The number of benzene rings is 2. The molecule has 25 heavy (non-hydrogen) atoms. The van der Waals surface area contributed by atoms with Gasteiger partial charge in [0.1, 0.15) is 11.6 Å². The quantitative estimate of drug-likeness (QED) is 0.769. The van der Waals surface area contributed by atoms with Crippen molar-refractivity contribution in [2.24, 2.45) is 0 Å². The number of H-pyrrole nitrogens is 1. The zero-order valence-electron chi connectivity index (χ0n) is 13.7. The van der Waals surface area contributed by atoms with Gasteiger partial charge >= 0.3 is 0 Å². The van der Waals surface area contributed by atoms with Crippen LogP contribution in [0, 0.1) is 17.1 Å². The Labute approximate surface area is 146 Å². The van der Waals surface area contributed by atoms with Crippen LogP contribution in [0.4, 0.5) is 4.39 Å². The lowest BCUT2D eigenvalue weighted by molar-refractivity contribution is 0.464. The number of aromatic amines is 1. The summed E-state index contributed by atoms with van der Waals surface area (Å²) in [6.45, 7) is 0. The van der Waals surface area contributed by atoms with Crippen molar-refractivity contribution in [3.63, 3.8) is 0 Å². The molecule has 3 nitrogen and oxygen atoms in total. The molecule has 1 N–H and O–H groups in total. The molecule has 1 aliphatic carbocycles. The minimum atomic E-state index is -0.207. The number of aromatic nitrogens is 2. The van der Waals surface area contributed by atoms with Gasteiger partial charge in [-0.25, -0.2) is 9.37 Å². The van der Waals surface area contributed by atoms with E-state index in [0.717, 1.165) is 30.7 Å². The summed E-state index contributed by atoms with van der Waals surface area (Å²) in [6, 6.07) is 15.1. The van der Waals surface area contributed by atoms with Crippen molar-refractivity contribution >= 4 is 0 Å². The molecule has 0 aliphatic heterocycles. The average molecular weight is 331 g/mol. The van der Waals surface area contributed by atoms with Crippen molar-refractivity contribution in [2.45, 2.75) is 31.1 Å². The second kappa shape index (κ2) is 6.52. The minimum absolute atomic E-state index is 0.207. The Hall–Kier alpha value is -2.93. The number of nitriles is 1. The molecule has 0 fully saturated rings. The predicted molar refractivity (Wildman–Crippen MR) is 93.7 cm³/mol. The molecule has 1 heterocycles. The SMILES string of the molecule is N#Cc1ccc2c(c1)CCC(c1ccc(F)cc1)C2Cc1ncc[nH]1. The van der Waals surface area contributed by atoms with Crippen molar-refractivity contribution < 1.29 is 4.39 Å². The summed E-state index contributed by atoms with van der Waals surface area (Å²) in [6.07, 6.45) is 6.32. The standard InChI is InChI=1S/C21H18FN3/c22-17-5-2-15(3-6-17)18-8-4-16-11-14(13-23)1-7-19(16)20(18)12-21-24-9-10-25-21/h1-3,5-7,9-11,18,20H,4,8,12H2,(H,24,25). The first-order valence-electron chi connectivity index (χ1n) is 8.51. The van der Waals surface area contributed by atoms with E-state index < -0.39 is 0 Å². The van der Waals surface area contributed by atoms with Crippen LogP contribution in [0.15, 0.2) is 54.9 Å². The van der Waals surface area contributed by atoms with Gasteiger partial charge in [0.05, 0.1) is 11.6 Å². The predicted octanol–water partition coefficient (Wildman–Crippen LogP) is 4.48. The van der Waals surface area contributed by atoms with Gasteiger partial charge in [-0.15, -0.1) is 0 Å². The number of fused-ring (bicyclic) bond motifs is 1. The molecule has 2 atom stereocenters. The first kappa shape index (κ1) is 15.6. The first-order chi connectivity index (χ1) is 12.2. The maximum absolute atomic E-state index is 13.3. The Morgan fingerprint density at radius 2 is 2.04 bits per heavy atom. The lowest BCUT2D eigenvalue weighted by atomic mass is 9.70. The van der Waals surface area contributed by atoms with E-state index in [9.17, 15) is 4.39 Å². The van der Waals surface area contributed by atoms with Gasteiger partial charge in [0.15, 0.2) is 0 Å². The van der Waals surface area contributed by atoms with Crippen molar-refractivity contribution in [1.82, 2.24) is 9.97 Å². The number of halogens is 1. The van der Waals surface area contributed by atoms with Gasteiger partial charge in [-0.1, -0.05) is 18.2 Å². The van der Waals surface area contributed by atoms with E-state index in [4.69, 9.17) is 5.26 Å². The summed E-state index contributed by atoms with van der Waals surface area (Å²) >= 11 is 0. The molecule has 0 amide bonds. The van der Waals surface area contributed by atoms with Crippen LogP contribution < -0.4 is 0 Å². The lowest BCUT2D eigenvalue weighted by Gasteiger charge is -2.34. The number of imidazole rings is 1. The zero-order valence-corrected chi connectivity index (χ0v) is 13.7. The van der Waals surface area contributed by atoms with Crippen LogP contribution in [0.3, 0.4) is 0 Å². The van der Waals surface area contributed by atoms with E-state index >= 15 is 0 Å². The number of aryl methyl sites for hydroxylation is 1. The van der Waals surface area contributed by atoms with Crippen LogP contribution in [0.5, 0.6) is 0 Å². The van der Waals surface area contributed by atoms with E-state index in [2.05, 4.69) is 22.1 Å². The van der Waals surface area contributed by atoms with Gasteiger partial charge < -0.3 is 4.98 Å². The maximum Gasteiger partial charge on any atom is 0.123 e. The van der Waals surface area contributed by atoms with Crippen LogP contribution >= 0.6 is 0 Å². The van der Waals surface area contributed by atoms with E-state index in [1.807, 2.05) is 30.5 Å². The maximum atomic E-state index is 13.3. The van der Waals surface area contributed by atoms with Gasteiger partial charge in [0.25, 0.3) is 0 Å². The van der Waals surface area contributed by atoms with Crippen LogP contribution in [0.1, 0.15) is 46.3 Å². The summed E-state index contributed by atoms with van der Waals surface area (Å²) in [5.41, 5.74) is 4.38. The monoisotopic (exact) mass is 331 g/mol. The molecule has 3 aromatic rings. The molecule has 2 aromatic carbocycles. The highest BCUT2D eigenvalue weighted by Gasteiger charge is 2.31. The van der Waals surface area contributed by atoms with Gasteiger partial charge in [-0.3, -0.25) is 0 Å². The zero-order chi connectivity index (χ0) is 17.2. The van der Waals surface area contributed by atoms with Crippen LogP contribution in [-0.2, 0) is 12.8 Å². The number of rotatable bonds is 3. The highest BCUT2D eigenvalue weighted by molar-refractivity contribution is 5.44. The Kier molecular flexibility index (Phi) is 4.07. The summed E-state index contributed by atoms with van der Waals surface area (Å²) in [4.78, 5) is 7.59. The molecule has 4 heteroatoms. The summed E-state index contributed by atoms with van der Waals surface area (Å²) < 4.78 is 13.3. The third kappa shape index (κ3) is 3.06. The molecule has 0 spiro atoms. The number of hydrogen-bond acceptors (Lipinski definition) is 2. The number of hydrogen-bond donors (Lipinski definition) is 1. The molecule has 0 bridgehead atoms. The second-order valence-corrected chi connectivity index (χ2v) is 6.57. The van der Waals surface area contributed by atoms with E-state index in [0.29, 0.717) is 11.5 Å².